The van der Waals surface area contributed by atoms with E-state index in [1.165, 1.54) is 16.3 Å². The van der Waals surface area contributed by atoms with Crippen LogP contribution in [0.5, 0.6) is 0 Å². The molecule has 0 spiro atoms. The van der Waals surface area contributed by atoms with Gasteiger partial charge in [-0.15, -0.1) is 11.6 Å². The zero-order valence-corrected chi connectivity index (χ0v) is 11.4. The van der Waals surface area contributed by atoms with E-state index in [4.69, 9.17) is 11.6 Å². The highest BCUT2D eigenvalue weighted by Crippen LogP contribution is 2.28. The van der Waals surface area contributed by atoms with Crippen molar-refractivity contribution in [1.29, 1.82) is 0 Å². The van der Waals surface area contributed by atoms with E-state index >= 15 is 0 Å². The molecular formula is C13H12ClNO2S. The van der Waals surface area contributed by atoms with E-state index in [2.05, 4.69) is 0 Å². The lowest BCUT2D eigenvalue weighted by molar-refractivity contribution is 0.0777. The van der Waals surface area contributed by atoms with Crippen molar-refractivity contribution < 1.29 is 9.59 Å². The lowest BCUT2D eigenvalue weighted by atomic mass is 10.1. The molecule has 0 unspecified atom stereocenters. The number of carbonyl (C=O) groups excluding carboxylic acids is 2. The van der Waals surface area contributed by atoms with Crippen LogP contribution in [0.25, 0.3) is 0 Å². The summed E-state index contributed by atoms with van der Waals surface area (Å²) in [5.41, 5.74) is 0.953. The molecular weight excluding hydrogens is 270 g/mol. The van der Waals surface area contributed by atoms with Crippen LogP contribution in [0.4, 0.5) is 0 Å². The van der Waals surface area contributed by atoms with Gasteiger partial charge >= 0.3 is 0 Å². The van der Waals surface area contributed by atoms with Crippen molar-refractivity contribution in [2.24, 2.45) is 0 Å². The Hall–Kier alpha value is -1.26. The number of fused-ring (bicyclic) bond motifs is 1. The smallest absolute Gasteiger partial charge is 0.268 e. The number of rotatable bonds is 4. The molecule has 0 fully saturated rings. The maximum atomic E-state index is 12.0. The number of hydrogen-bond acceptors (Lipinski definition) is 3. The van der Waals surface area contributed by atoms with Gasteiger partial charge in [-0.25, -0.2) is 4.31 Å². The molecule has 1 aliphatic heterocycles. The quantitative estimate of drug-likeness (QED) is 0.368. The average molecular weight is 282 g/mol. The van der Waals surface area contributed by atoms with Gasteiger partial charge in [0.15, 0.2) is 0 Å². The SMILES string of the molecule is C[C@@H](Cl)/C=C/CSN1C(=O)c2ccccc2C1=O. The number of alkyl halides is 1. The summed E-state index contributed by atoms with van der Waals surface area (Å²) < 4.78 is 1.20. The predicted octanol–water partition coefficient (Wildman–Crippen LogP) is 3.11. The number of benzene rings is 1. The molecule has 18 heavy (non-hydrogen) atoms. The van der Waals surface area contributed by atoms with Crippen LogP contribution in [-0.2, 0) is 0 Å². The van der Waals surface area contributed by atoms with Crippen molar-refractivity contribution in [3.8, 4) is 0 Å². The molecule has 1 aromatic carbocycles. The maximum Gasteiger partial charge on any atom is 0.271 e. The zero-order chi connectivity index (χ0) is 13.1. The summed E-state index contributed by atoms with van der Waals surface area (Å²) >= 11 is 6.95. The summed E-state index contributed by atoms with van der Waals surface area (Å²) in [6, 6.07) is 6.86. The van der Waals surface area contributed by atoms with Crippen LogP contribution in [0.3, 0.4) is 0 Å². The molecule has 0 aromatic heterocycles. The molecule has 0 saturated heterocycles. The van der Waals surface area contributed by atoms with E-state index in [0.29, 0.717) is 16.9 Å². The Morgan fingerprint density at radius 2 is 1.83 bits per heavy atom. The minimum Gasteiger partial charge on any atom is -0.268 e. The topological polar surface area (TPSA) is 37.4 Å². The third kappa shape index (κ3) is 2.60. The zero-order valence-electron chi connectivity index (χ0n) is 9.80. The van der Waals surface area contributed by atoms with Crippen molar-refractivity contribution in [1.82, 2.24) is 4.31 Å². The van der Waals surface area contributed by atoms with E-state index in [1.54, 1.807) is 24.3 Å². The first-order chi connectivity index (χ1) is 8.61. The fourth-order valence-electron chi connectivity index (χ4n) is 1.65. The number of allylic oxidation sites excluding steroid dienone is 1. The monoisotopic (exact) mass is 281 g/mol. The van der Waals surface area contributed by atoms with Gasteiger partial charge in [0, 0.05) is 11.1 Å². The summed E-state index contributed by atoms with van der Waals surface area (Å²) in [6.07, 6.45) is 3.68. The Morgan fingerprint density at radius 1 is 1.28 bits per heavy atom. The highest BCUT2D eigenvalue weighted by Gasteiger charge is 2.35. The van der Waals surface area contributed by atoms with Crippen LogP contribution >= 0.6 is 23.5 Å². The number of hydrogen-bond donors (Lipinski definition) is 0. The van der Waals surface area contributed by atoms with Gasteiger partial charge in [-0.2, -0.15) is 0 Å². The van der Waals surface area contributed by atoms with Gasteiger partial charge in [-0.1, -0.05) is 24.3 Å². The number of nitrogens with zero attached hydrogens (tertiary/aromatic N) is 1. The van der Waals surface area contributed by atoms with Crippen LogP contribution in [0, 0.1) is 0 Å². The largest absolute Gasteiger partial charge is 0.271 e. The molecule has 94 valence electrons. The molecule has 1 heterocycles. The van der Waals surface area contributed by atoms with Gasteiger partial charge in [0.05, 0.1) is 11.1 Å². The molecule has 0 aliphatic carbocycles. The number of carbonyl (C=O) groups is 2. The van der Waals surface area contributed by atoms with Crippen LogP contribution in [0.15, 0.2) is 36.4 Å². The molecule has 0 bridgehead atoms. The normalized spacial score (nSPS) is 16.4. The van der Waals surface area contributed by atoms with Gasteiger partial charge in [0.2, 0.25) is 0 Å². The molecule has 1 aromatic rings. The van der Waals surface area contributed by atoms with Gasteiger partial charge in [0.1, 0.15) is 0 Å². The maximum absolute atomic E-state index is 12.0. The van der Waals surface area contributed by atoms with E-state index in [0.717, 1.165) is 0 Å². The minimum atomic E-state index is -0.243. The number of amides is 2. The van der Waals surface area contributed by atoms with Gasteiger partial charge < -0.3 is 0 Å². The first kappa shape index (κ1) is 13.2. The van der Waals surface area contributed by atoms with Crippen LogP contribution in [0.2, 0.25) is 0 Å². The summed E-state index contributed by atoms with van der Waals surface area (Å²) in [7, 11) is 0. The predicted molar refractivity (Wildman–Crippen MR) is 73.9 cm³/mol. The highest BCUT2D eigenvalue weighted by atomic mass is 35.5. The molecule has 3 nitrogen and oxygen atoms in total. The van der Waals surface area contributed by atoms with Crippen molar-refractivity contribution >= 4 is 35.4 Å². The summed E-state index contributed by atoms with van der Waals surface area (Å²) in [4.78, 5) is 23.9. The van der Waals surface area contributed by atoms with E-state index in [9.17, 15) is 9.59 Å². The second-order valence-electron chi connectivity index (χ2n) is 3.85. The van der Waals surface area contributed by atoms with Crippen LogP contribution in [0.1, 0.15) is 27.6 Å². The molecule has 2 amide bonds. The number of halogens is 1. The van der Waals surface area contributed by atoms with E-state index in [1.807, 2.05) is 19.1 Å². The molecule has 1 atom stereocenters. The van der Waals surface area contributed by atoms with Gasteiger partial charge in [-0.3, -0.25) is 9.59 Å². The third-order valence-electron chi connectivity index (χ3n) is 2.46. The van der Waals surface area contributed by atoms with E-state index < -0.39 is 0 Å². The van der Waals surface area contributed by atoms with Crippen LogP contribution < -0.4 is 0 Å². The molecule has 0 N–H and O–H groups in total. The lowest BCUT2D eigenvalue weighted by Gasteiger charge is -2.10. The minimum absolute atomic E-state index is 0.0484. The van der Waals surface area contributed by atoms with Crippen molar-refractivity contribution in [3.05, 3.63) is 47.5 Å². The molecule has 5 heteroatoms. The highest BCUT2D eigenvalue weighted by molar-refractivity contribution is 7.98. The van der Waals surface area contributed by atoms with Crippen LogP contribution in [-0.4, -0.2) is 27.2 Å². The van der Waals surface area contributed by atoms with Crippen molar-refractivity contribution in [2.75, 3.05) is 5.75 Å². The second-order valence-corrected chi connectivity index (χ2v) is 5.50. The summed E-state index contributed by atoms with van der Waals surface area (Å²) in [6.45, 7) is 1.85. The lowest BCUT2D eigenvalue weighted by Crippen LogP contribution is -2.22. The Bertz CT molecular complexity index is 478. The Labute approximate surface area is 115 Å². The molecule has 1 aliphatic rings. The molecule has 0 saturated carbocycles. The molecule has 2 rings (SSSR count). The number of imide groups is 1. The standard InChI is InChI=1S/C13H12ClNO2S/c1-9(14)5-4-8-18-15-12(16)10-6-2-3-7-11(10)13(15)17/h2-7,9H,8H2,1H3/b5-4+/t9-/m1/s1. The Morgan fingerprint density at radius 3 is 2.33 bits per heavy atom. The van der Waals surface area contributed by atoms with E-state index in [-0.39, 0.29) is 17.2 Å². The fourth-order valence-corrected chi connectivity index (χ4v) is 2.53. The fraction of sp³-hybridized carbons (Fsp3) is 0.231. The summed E-state index contributed by atoms with van der Waals surface area (Å²) in [5.74, 6) is 0.0588. The Kier molecular flexibility index (Phi) is 4.09. The van der Waals surface area contributed by atoms with Crippen molar-refractivity contribution in [2.45, 2.75) is 12.3 Å². The first-order valence-electron chi connectivity index (χ1n) is 5.52. The third-order valence-corrected chi connectivity index (χ3v) is 3.53. The second kappa shape index (κ2) is 5.59. The van der Waals surface area contributed by atoms with Gasteiger partial charge in [0.25, 0.3) is 11.8 Å². The average Bonchev–Trinajstić information content (AvgIpc) is 2.59. The summed E-state index contributed by atoms with van der Waals surface area (Å²) in [5, 5.41) is -0.0484. The first-order valence-corrected chi connectivity index (χ1v) is 6.90. The Balaban J connectivity index is 2.05. The van der Waals surface area contributed by atoms with Crippen molar-refractivity contribution in [3.63, 3.8) is 0 Å². The van der Waals surface area contributed by atoms with Gasteiger partial charge in [-0.05, 0) is 31.0 Å². The molecule has 0 radical (unpaired) electrons.